The molecule has 0 atom stereocenters. The molecule has 1 radical (unpaired) electrons. The largest absolute Gasteiger partial charge is 0.547 e. The van der Waals surface area contributed by atoms with Gasteiger partial charge in [-0.25, -0.2) is 8.42 Å². The summed E-state index contributed by atoms with van der Waals surface area (Å²) in [5.74, 6) is 0.228. The Bertz CT molecular complexity index is 772. The molecule has 0 saturated heterocycles. The maximum Gasteiger partial charge on any atom is 0.138 e. The molecule has 7 heteroatoms. The number of sulfonamides is 1. The van der Waals surface area contributed by atoms with Crippen LogP contribution in [0, 0.1) is 18.8 Å². The zero-order valence-electron chi connectivity index (χ0n) is 12.9. The van der Waals surface area contributed by atoms with Crippen molar-refractivity contribution in [3.63, 3.8) is 0 Å². The van der Waals surface area contributed by atoms with Crippen LogP contribution in [0.5, 0.6) is 5.75 Å². The molecule has 0 amide bonds. The summed E-state index contributed by atoms with van der Waals surface area (Å²) in [6.07, 6.45) is 0. The Morgan fingerprint density at radius 1 is 1.13 bits per heavy atom. The molecule has 0 bridgehead atoms. The zero-order valence-corrected chi connectivity index (χ0v) is 16.6. The summed E-state index contributed by atoms with van der Waals surface area (Å²) in [7, 11) is -2.65. The summed E-state index contributed by atoms with van der Waals surface area (Å²) in [4.78, 5) is -0.141. The second-order valence-electron chi connectivity index (χ2n) is 4.17. The van der Waals surface area contributed by atoms with Crippen LogP contribution in [0.4, 0.5) is 0 Å². The quantitative estimate of drug-likeness (QED) is 0.715. The van der Waals surface area contributed by atoms with Gasteiger partial charge < -0.3 is 16.9 Å². The topological polar surface area (TPSA) is 81.3 Å². The third kappa shape index (κ3) is 5.40. The predicted molar refractivity (Wildman–Crippen MR) is 84.8 cm³/mol. The summed E-state index contributed by atoms with van der Waals surface area (Å²) in [6, 6.07) is 15.7. The van der Waals surface area contributed by atoms with Crippen molar-refractivity contribution in [1.29, 1.82) is 5.26 Å². The first kappa shape index (κ1) is 21.7. The number of nitrogens with zero attached hydrogens (tertiary/aromatic N) is 2. The smallest absolute Gasteiger partial charge is 0.138 e. The molecular formula is C16H16N2O3SY-2. The molecule has 0 aliphatic carbocycles. The Kier molecular flexibility index (Phi) is 9.25. The molecule has 2 aromatic rings. The third-order valence-corrected chi connectivity index (χ3v) is 4.23. The van der Waals surface area contributed by atoms with E-state index in [-0.39, 0.29) is 63.0 Å². The van der Waals surface area contributed by atoms with Crippen molar-refractivity contribution in [2.24, 2.45) is 0 Å². The Morgan fingerprint density at radius 2 is 1.78 bits per heavy atom. The number of ether oxygens (including phenoxy) is 1. The molecule has 5 nitrogen and oxygen atoms in total. The number of hydrogen-bond acceptors (Lipinski definition) is 4. The summed E-state index contributed by atoms with van der Waals surface area (Å²) >= 11 is 0. The van der Waals surface area contributed by atoms with Crippen molar-refractivity contribution >= 4 is 10.0 Å². The van der Waals surface area contributed by atoms with E-state index in [0.29, 0.717) is 0 Å². The van der Waals surface area contributed by atoms with E-state index in [0.717, 1.165) is 5.56 Å². The Morgan fingerprint density at radius 3 is 2.35 bits per heavy atom. The summed E-state index contributed by atoms with van der Waals surface area (Å²) in [6.45, 7) is 0.252. The summed E-state index contributed by atoms with van der Waals surface area (Å²) < 4.78 is 32.6. The molecule has 23 heavy (non-hydrogen) atoms. The van der Waals surface area contributed by atoms with Crippen LogP contribution >= 0.6 is 0 Å². The number of nitriles is 1. The molecule has 0 aliphatic rings. The fourth-order valence-corrected chi connectivity index (χ4v) is 2.64. The second-order valence-corrected chi connectivity index (χ2v) is 5.93. The number of benzene rings is 2. The molecule has 0 aliphatic heterocycles. The van der Waals surface area contributed by atoms with Gasteiger partial charge in [-0.2, -0.15) is 12.3 Å². The van der Waals surface area contributed by atoms with Crippen molar-refractivity contribution < 1.29 is 45.9 Å². The van der Waals surface area contributed by atoms with Gasteiger partial charge in [0, 0.05) is 32.7 Å². The van der Waals surface area contributed by atoms with Gasteiger partial charge in [0.15, 0.2) is 0 Å². The molecule has 2 rings (SSSR count). The molecular weight excluding hydrogens is 389 g/mol. The van der Waals surface area contributed by atoms with Crippen LogP contribution in [0.15, 0.2) is 53.4 Å². The average molecular weight is 405 g/mol. The van der Waals surface area contributed by atoms with E-state index in [1.54, 1.807) is 6.07 Å². The first-order valence-electron chi connectivity index (χ1n) is 6.14. The van der Waals surface area contributed by atoms with Crippen molar-refractivity contribution in [3.8, 4) is 11.8 Å². The van der Waals surface area contributed by atoms with Gasteiger partial charge in [-0.15, -0.1) is 0 Å². The normalized spacial score (nSPS) is 9.91. The Hall–Kier alpha value is -1.26. The van der Waals surface area contributed by atoms with Crippen LogP contribution in [0.3, 0.4) is 0 Å². The van der Waals surface area contributed by atoms with Crippen molar-refractivity contribution in [2.75, 3.05) is 7.05 Å². The van der Waals surface area contributed by atoms with Gasteiger partial charge in [0.25, 0.3) is 0 Å². The second kappa shape index (κ2) is 9.79. The van der Waals surface area contributed by atoms with E-state index in [9.17, 15) is 13.7 Å². The van der Waals surface area contributed by atoms with Crippen LogP contribution in [0.2, 0.25) is 0 Å². The van der Waals surface area contributed by atoms with E-state index in [4.69, 9.17) is 4.74 Å². The van der Waals surface area contributed by atoms with Gasteiger partial charge >= 0.3 is 0 Å². The van der Waals surface area contributed by atoms with E-state index >= 15 is 0 Å². The monoisotopic (exact) mass is 405 g/mol. The Labute approximate surface area is 162 Å². The van der Waals surface area contributed by atoms with Gasteiger partial charge in [-0.3, -0.25) is 0 Å². The fraction of sp³-hybridized carbons (Fsp3) is 0.125. The van der Waals surface area contributed by atoms with Gasteiger partial charge in [-0.05, 0) is 17.7 Å². The van der Waals surface area contributed by atoms with Gasteiger partial charge in [-0.1, -0.05) is 36.4 Å². The standard InChI is InChI=1S/C15H13N2O3S.CH3.Y/c1-17-21(18,19)15-9-5-8-14(13(15)10-16)20-11-12-6-3-2-4-7-12;;/h2-9H,11H2,1H3;1H3;/q2*-1;. The molecule has 0 fully saturated rings. The first-order chi connectivity index (χ1) is 10.1. The van der Waals surface area contributed by atoms with Crippen molar-refractivity contribution in [2.45, 2.75) is 11.5 Å². The van der Waals surface area contributed by atoms with E-state index in [2.05, 4.69) is 4.72 Å². The minimum absolute atomic E-state index is 0. The van der Waals surface area contributed by atoms with Crippen LogP contribution in [0.25, 0.3) is 4.72 Å². The maximum atomic E-state index is 11.8. The number of hydrogen-bond donors (Lipinski definition) is 0. The minimum atomic E-state index is -3.82. The van der Waals surface area contributed by atoms with Crippen molar-refractivity contribution in [1.82, 2.24) is 0 Å². The average Bonchev–Trinajstić information content (AvgIpc) is 2.53. The maximum absolute atomic E-state index is 11.8. The summed E-state index contributed by atoms with van der Waals surface area (Å²) in [5, 5.41) is 9.22. The fourth-order valence-electron chi connectivity index (χ4n) is 1.79. The Balaban J connectivity index is 0.00000242. The molecule has 0 aromatic heterocycles. The van der Waals surface area contributed by atoms with Crippen molar-refractivity contribution in [3.05, 3.63) is 71.8 Å². The third-order valence-electron chi connectivity index (χ3n) is 2.86. The minimum Gasteiger partial charge on any atom is -0.547 e. The van der Waals surface area contributed by atoms with Crippen LogP contribution in [0.1, 0.15) is 11.1 Å². The molecule has 0 N–H and O–H groups in total. The molecule has 0 heterocycles. The van der Waals surface area contributed by atoms with Gasteiger partial charge in [0.2, 0.25) is 0 Å². The van der Waals surface area contributed by atoms with E-state index in [1.807, 2.05) is 36.4 Å². The SMILES string of the molecule is C[N-]S(=O)(=O)c1cccc(OCc2ccccc2)c1C#N.[CH3-].[Y]. The van der Waals surface area contributed by atoms with E-state index < -0.39 is 10.0 Å². The zero-order chi connectivity index (χ0) is 15.3. The molecule has 0 unspecified atom stereocenters. The van der Waals surface area contributed by atoms with Gasteiger partial charge in [0.05, 0.1) is 4.90 Å². The first-order valence-corrected chi connectivity index (χ1v) is 7.58. The van der Waals surface area contributed by atoms with E-state index in [1.165, 1.54) is 19.2 Å². The summed E-state index contributed by atoms with van der Waals surface area (Å²) in [5.41, 5.74) is 0.897. The van der Waals surface area contributed by atoms with Crippen LogP contribution in [-0.2, 0) is 49.3 Å². The predicted octanol–water partition coefficient (Wildman–Crippen LogP) is 3.28. The molecule has 119 valence electrons. The van der Waals surface area contributed by atoms with Crippen LogP contribution in [-0.4, -0.2) is 15.5 Å². The van der Waals surface area contributed by atoms with Crippen LogP contribution < -0.4 is 4.74 Å². The van der Waals surface area contributed by atoms with Gasteiger partial charge in [0.1, 0.15) is 34.0 Å². The molecule has 0 saturated carbocycles. The molecule has 0 spiro atoms. The number of rotatable bonds is 5. The molecule has 2 aromatic carbocycles.